The van der Waals surface area contributed by atoms with Gasteiger partial charge < -0.3 is 11.6 Å². The minimum atomic E-state index is 0. The van der Waals surface area contributed by atoms with Crippen LogP contribution in [0.3, 0.4) is 0 Å². The highest BCUT2D eigenvalue weighted by atomic mass is 127. The number of hydrogen-bond acceptors (Lipinski definition) is 2. The van der Waals surface area contributed by atoms with Gasteiger partial charge >= 0.3 is 0 Å². The molecule has 0 aliphatic rings. The Balaban J connectivity index is 0.00000121. The second kappa shape index (κ2) is 5.21. The summed E-state index contributed by atoms with van der Waals surface area (Å²) < 4.78 is 0. The highest BCUT2D eigenvalue weighted by molar-refractivity contribution is 14.0. The zero-order chi connectivity index (χ0) is 8.27. The zero-order valence-electron chi connectivity index (χ0n) is 6.20. The van der Waals surface area contributed by atoms with Gasteiger partial charge in [0, 0.05) is 10.6 Å². The predicted octanol–water partition coefficient (Wildman–Crippen LogP) is 1.54. The lowest BCUT2D eigenvalue weighted by atomic mass is 10.2. The Hall–Kier alpha value is -0.490. The van der Waals surface area contributed by atoms with Crippen molar-refractivity contribution in [2.24, 2.45) is 16.7 Å². The first-order chi connectivity index (χ1) is 5.24. The van der Waals surface area contributed by atoms with Gasteiger partial charge in [0.25, 0.3) is 0 Å². The van der Waals surface area contributed by atoms with E-state index in [0.717, 1.165) is 5.56 Å². The van der Waals surface area contributed by atoms with Gasteiger partial charge in [-0.25, -0.2) is 0 Å². The van der Waals surface area contributed by atoms with E-state index in [-0.39, 0.29) is 24.0 Å². The molecule has 5 heteroatoms. The maximum Gasteiger partial charge on any atom is 0.150 e. The fourth-order valence-electron chi connectivity index (χ4n) is 0.695. The molecule has 0 saturated heterocycles. The number of benzene rings is 1. The van der Waals surface area contributed by atoms with Gasteiger partial charge in [-0.3, -0.25) is 0 Å². The van der Waals surface area contributed by atoms with E-state index in [4.69, 9.17) is 23.2 Å². The van der Waals surface area contributed by atoms with Crippen molar-refractivity contribution in [3.8, 4) is 0 Å². The molecule has 0 aromatic heterocycles. The molecule has 0 atom stereocenters. The quantitative estimate of drug-likeness (QED) is 0.271. The molecule has 0 aliphatic carbocycles. The number of halogens is 2. The molecule has 0 saturated carbocycles. The maximum atomic E-state index is 5.65. The number of nitrogens with two attached hydrogens (primary N) is 2. The molecule has 0 amide bonds. The smallest absolute Gasteiger partial charge is 0.150 e. The summed E-state index contributed by atoms with van der Waals surface area (Å²) >= 11 is 5.65. The van der Waals surface area contributed by atoms with Crippen LogP contribution >= 0.6 is 35.6 Å². The number of rotatable bonds is 1. The number of nitrogens with zero attached hydrogens (tertiary/aromatic N) is 1. The van der Waals surface area contributed by atoms with Crippen molar-refractivity contribution in [2.75, 3.05) is 0 Å². The third kappa shape index (κ3) is 2.86. The molecule has 3 nitrogen and oxygen atoms in total. The second-order valence-corrected chi connectivity index (χ2v) is 2.46. The van der Waals surface area contributed by atoms with E-state index in [1.165, 1.54) is 0 Å². The molecule has 0 bridgehead atoms. The second-order valence-electron chi connectivity index (χ2n) is 2.02. The highest BCUT2D eigenvalue weighted by Gasteiger charge is 1.95. The molecule has 1 aromatic rings. The minimum Gasteiger partial charge on any atom is -0.382 e. The fourth-order valence-corrected chi connectivity index (χ4v) is 0.821. The fraction of sp³-hybridized carbons (Fsp3) is 0. The van der Waals surface area contributed by atoms with Crippen LogP contribution in [-0.2, 0) is 0 Å². The SMILES string of the molecule is I.NN=C(N)c1ccc(Cl)cc1. The van der Waals surface area contributed by atoms with E-state index < -0.39 is 0 Å². The third-order valence-electron chi connectivity index (χ3n) is 1.28. The van der Waals surface area contributed by atoms with Gasteiger partial charge in [0.1, 0.15) is 5.84 Å². The molecule has 0 radical (unpaired) electrons. The summed E-state index contributed by atoms with van der Waals surface area (Å²) in [6.07, 6.45) is 0. The van der Waals surface area contributed by atoms with Crippen LogP contribution in [0.1, 0.15) is 5.56 Å². The van der Waals surface area contributed by atoms with Gasteiger partial charge in [0.2, 0.25) is 0 Å². The molecule has 12 heavy (non-hydrogen) atoms. The van der Waals surface area contributed by atoms with Crippen LogP contribution in [0.4, 0.5) is 0 Å². The van der Waals surface area contributed by atoms with Crippen molar-refractivity contribution in [1.82, 2.24) is 0 Å². The Bertz CT molecular complexity index is 270. The van der Waals surface area contributed by atoms with Crippen LogP contribution in [0.5, 0.6) is 0 Å². The number of hydrogen-bond donors (Lipinski definition) is 2. The lowest BCUT2D eigenvalue weighted by Crippen LogP contribution is -2.14. The lowest BCUT2D eigenvalue weighted by molar-refractivity contribution is 1.23. The average Bonchev–Trinajstić information content (AvgIpc) is 2.05. The molecule has 66 valence electrons. The molecule has 4 N–H and O–H groups in total. The first-order valence-electron chi connectivity index (χ1n) is 3.03. The molecular weight excluding hydrogens is 288 g/mol. The van der Waals surface area contributed by atoms with Crippen molar-refractivity contribution in [3.05, 3.63) is 34.9 Å². The van der Waals surface area contributed by atoms with Crippen LogP contribution in [0.25, 0.3) is 0 Å². The highest BCUT2D eigenvalue weighted by Crippen LogP contribution is 2.08. The normalized spacial score (nSPS) is 10.6. The Morgan fingerprint density at radius 2 is 1.75 bits per heavy atom. The van der Waals surface area contributed by atoms with Gasteiger partial charge in [0.05, 0.1) is 0 Å². The van der Waals surface area contributed by atoms with Crippen molar-refractivity contribution in [3.63, 3.8) is 0 Å². The average molecular weight is 298 g/mol. The summed E-state index contributed by atoms with van der Waals surface area (Å²) in [5.74, 6) is 5.28. The number of hydrazone groups is 1. The summed E-state index contributed by atoms with van der Waals surface area (Å²) in [5.41, 5.74) is 6.20. The third-order valence-corrected chi connectivity index (χ3v) is 1.53. The monoisotopic (exact) mass is 297 g/mol. The van der Waals surface area contributed by atoms with E-state index >= 15 is 0 Å². The molecule has 1 rings (SSSR count). The van der Waals surface area contributed by atoms with Crippen LogP contribution in [0.15, 0.2) is 29.4 Å². The van der Waals surface area contributed by atoms with Crippen molar-refractivity contribution in [2.45, 2.75) is 0 Å². The van der Waals surface area contributed by atoms with E-state index in [1.54, 1.807) is 24.3 Å². The molecule has 0 spiro atoms. The molecule has 0 aliphatic heterocycles. The lowest BCUT2D eigenvalue weighted by Gasteiger charge is -1.97. The van der Waals surface area contributed by atoms with Gasteiger partial charge in [-0.05, 0) is 24.3 Å². The summed E-state index contributed by atoms with van der Waals surface area (Å²) in [6.45, 7) is 0. The Kier molecular flexibility index (Phi) is 5.00. The van der Waals surface area contributed by atoms with E-state index in [9.17, 15) is 0 Å². The molecule has 1 aromatic carbocycles. The van der Waals surface area contributed by atoms with E-state index in [0.29, 0.717) is 10.9 Å². The molecule has 0 fully saturated rings. The van der Waals surface area contributed by atoms with Gasteiger partial charge in [0.15, 0.2) is 0 Å². The Labute approximate surface area is 92.8 Å². The van der Waals surface area contributed by atoms with Crippen LogP contribution in [0.2, 0.25) is 5.02 Å². The molecule has 0 heterocycles. The summed E-state index contributed by atoms with van der Waals surface area (Å²) in [4.78, 5) is 0. The standard InChI is InChI=1S/C7H8ClN3.HI/c8-6-3-1-5(2-4-6)7(9)11-10;/h1-4H,10H2,(H2,9,11);1H. The summed E-state index contributed by atoms with van der Waals surface area (Å²) in [7, 11) is 0. The van der Waals surface area contributed by atoms with E-state index in [1.807, 2.05) is 0 Å². The van der Waals surface area contributed by atoms with Crippen molar-refractivity contribution >= 4 is 41.4 Å². The molecular formula is C7H9ClIN3. The van der Waals surface area contributed by atoms with E-state index in [2.05, 4.69) is 5.10 Å². The maximum absolute atomic E-state index is 5.65. The Morgan fingerprint density at radius 1 is 1.25 bits per heavy atom. The van der Waals surface area contributed by atoms with Crippen LogP contribution < -0.4 is 11.6 Å². The largest absolute Gasteiger partial charge is 0.382 e. The van der Waals surface area contributed by atoms with Crippen molar-refractivity contribution < 1.29 is 0 Å². The first-order valence-corrected chi connectivity index (χ1v) is 3.41. The topological polar surface area (TPSA) is 64.4 Å². The molecule has 0 unspecified atom stereocenters. The van der Waals surface area contributed by atoms with Gasteiger partial charge in [-0.1, -0.05) is 11.6 Å². The summed E-state index contributed by atoms with van der Waals surface area (Å²) in [5, 5.41) is 4.01. The van der Waals surface area contributed by atoms with Crippen LogP contribution in [0, 0.1) is 0 Å². The predicted molar refractivity (Wildman–Crippen MR) is 61.8 cm³/mol. The Morgan fingerprint density at radius 3 is 2.17 bits per heavy atom. The summed E-state index contributed by atoms with van der Waals surface area (Å²) in [6, 6.07) is 6.98. The minimum absolute atomic E-state index is 0. The van der Waals surface area contributed by atoms with Crippen LogP contribution in [-0.4, -0.2) is 5.84 Å². The first kappa shape index (κ1) is 11.5. The van der Waals surface area contributed by atoms with Crippen molar-refractivity contribution in [1.29, 1.82) is 0 Å². The zero-order valence-corrected chi connectivity index (χ0v) is 9.28. The number of amidine groups is 1. The van der Waals surface area contributed by atoms with Gasteiger partial charge in [-0.2, -0.15) is 5.10 Å². The van der Waals surface area contributed by atoms with Gasteiger partial charge in [-0.15, -0.1) is 24.0 Å².